The van der Waals surface area contributed by atoms with Gasteiger partial charge in [-0.2, -0.15) is 0 Å². The quantitative estimate of drug-likeness (QED) is 0.350. The summed E-state index contributed by atoms with van der Waals surface area (Å²) in [5, 5.41) is 0.525. The van der Waals surface area contributed by atoms with Crippen LogP contribution in [0, 0.1) is 0 Å². The summed E-state index contributed by atoms with van der Waals surface area (Å²) >= 11 is 6.37. The molecule has 2 aliphatic rings. The van der Waals surface area contributed by atoms with E-state index < -0.39 is 11.5 Å². The zero-order valence-electron chi connectivity index (χ0n) is 20.4. The van der Waals surface area contributed by atoms with Gasteiger partial charge >= 0.3 is 11.7 Å². The van der Waals surface area contributed by atoms with Crippen molar-refractivity contribution in [3.05, 3.63) is 98.9 Å². The number of imidazole rings is 1. The fraction of sp³-hybridized carbons (Fsp3) is 0.276. The van der Waals surface area contributed by atoms with Crippen molar-refractivity contribution in [3.63, 3.8) is 0 Å². The molecule has 1 aliphatic heterocycles. The molecule has 7 nitrogen and oxygen atoms in total. The van der Waals surface area contributed by atoms with Gasteiger partial charge in [0.05, 0.1) is 34.9 Å². The van der Waals surface area contributed by atoms with Crippen LogP contribution in [0.3, 0.4) is 0 Å². The number of esters is 1. The molecule has 4 aromatic rings. The fourth-order valence-electron chi connectivity index (χ4n) is 5.50. The highest BCUT2D eigenvalue weighted by atomic mass is 35.5. The first-order chi connectivity index (χ1) is 17.9. The smallest absolute Gasteiger partial charge is 0.337 e. The molecular formula is C29H26ClN3O4. The van der Waals surface area contributed by atoms with Crippen molar-refractivity contribution < 1.29 is 14.3 Å². The Balaban J connectivity index is 1.47. The SMILES string of the molecule is COC(=O)c1cccc(C2(n3c(=O)n(-c4ccc(C(=O)N5CCCC5)cc4)c4cc(Cl)ccc43)CC2)c1. The van der Waals surface area contributed by atoms with E-state index in [2.05, 4.69) is 0 Å². The molecule has 1 saturated carbocycles. The Bertz CT molecular complexity index is 1590. The second kappa shape index (κ2) is 8.92. The summed E-state index contributed by atoms with van der Waals surface area (Å²) in [5.74, 6) is -0.396. The molecule has 0 atom stereocenters. The minimum atomic E-state index is -0.565. The molecular weight excluding hydrogens is 490 g/mol. The molecule has 1 aliphatic carbocycles. The van der Waals surface area contributed by atoms with Crippen LogP contribution in [-0.4, -0.2) is 46.1 Å². The zero-order chi connectivity index (χ0) is 25.7. The van der Waals surface area contributed by atoms with Crippen molar-refractivity contribution in [2.45, 2.75) is 31.2 Å². The number of rotatable bonds is 5. The first-order valence-corrected chi connectivity index (χ1v) is 12.8. The number of methoxy groups -OCH3 is 1. The van der Waals surface area contributed by atoms with Gasteiger partial charge in [0.2, 0.25) is 0 Å². The number of likely N-dealkylation sites (tertiary alicyclic amines) is 1. The van der Waals surface area contributed by atoms with Crippen LogP contribution in [0.5, 0.6) is 0 Å². The number of hydrogen-bond donors (Lipinski definition) is 0. The predicted octanol–water partition coefficient (Wildman–Crippen LogP) is 5.01. The molecule has 0 unspecified atom stereocenters. The van der Waals surface area contributed by atoms with Crippen molar-refractivity contribution in [3.8, 4) is 5.69 Å². The van der Waals surface area contributed by atoms with Gasteiger partial charge in [0.25, 0.3) is 5.91 Å². The Morgan fingerprint density at radius 3 is 2.30 bits per heavy atom. The molecule has 1 amide bonds. The summed E-state index contributed by atoms with van der Waals surface area (Å²) < 4.78 is 8.37. The lowest BCUT2D eigenvalue weighted by Gasteiger charge is -2.19. The maximum atomic E-state index is 14.1. The van der Waals surface area contributed by atoms with Gasteiger partial charge in [-0.15, -0.1) is 0 Å². The molecule has 0 radical (unpaired) electrons. The number of halogens is 1. The number of hydrogen-bond acceptors (Lipinski definition) is 4. The summed E-state index contributed by atoms with van der Waals surface area (Å²) in [5.41, 5.74) is 3.29. The van der Waals surface area contributed by atoms with E-state index in [1.807, 2.05) is 45.9 Å². The summed E-state index contributed by atoms with van der Waals surface area (Å²) in [7, 11) is 1.35. The van der Waals surface area contributed by atoms with Crippen LogP contribution in [0.15, 0.2) is 71.5 Å². The minimum absolute atomic E-state index is 0.0179. The lowest BCUT2D eigenvalue weighted by molar-refractivity contribution is 0.0600. The molecule has 0 spiro atoms. The Labute approximate surface area is 218 Å². The Morgan fingerprint density at radius 2 is 1.62 bits per heavy atom. The molecule has 2 fully saturated rings. The van der Waals surface area contributed by atoms with Crippen LogP contribution < -0.4 is 5.69 Å². The van der Waals surface area contributed by atoms with Gasteiger partial charge in [0, 0.05) is 23.7 Å². The molecule has 8 heteroatoms. The second-order valence-electron chi connectivity index (χ2n) is 9.74. The minimum Gasteiger partial charge on any atom is -0.465 e. The van der Waals surface area contributed by atoms with Crippen LogP contribution in [0.1, 0.15) is 52.0 Å². The highest BCUT2D eigenvalue weighted by molar-refractivity contribution is 6.31. The number of carbonyl (C=O) groups excluding carboxylic acids is 2. The first kappa shape index (κ1) is 23.6. The Morgan fingerprint density at radius 1 is 0.892 bits per heavy atom. The van der Waals surface area contributed by atoms with Crippen LogP contribution in [0.4, 0.5) is 0 Å². The Hall–Kier alpha value is -3.84. The largest absolute Gasteiger partial charge is 0.465 e. The maximum Gasteiger partial charge on any atom is 0.337 e. The van der Waals surface area contributed by atoms with Crippen LogP contribution in [0.25, 0.3) is 16.7 Å². The second-order valence-corrected chi connectivity index (χ2v) is 10.2. The van der Waals surface area contributed by atoms with Crippen molar-refractivity contribution >= 4 is 34.5 Å². The molecule has 2 heterocycles. The third-order valence-corrected chi connectivity index (χ3v) is 7.78. The average molecular weight is 516 g/mol. The van der Waals surface area contributed by atoms with E-state index in [-0.39, 0.29) is 11.6 Å². The summed E-state index contributed by atoms with van der Waals surface area (Å²) in [6.07, 6.45) is 3.60. The van der Waals surface area contributed by atoms with Crippen LogP contribution >= 0.6 is 11.6 Å². The van der Waals surface area contributed by atoms with E-state index in [9.17, 15) is 14.4 Å². The number of benzene rings is 3. The van der Waals surface area contributed by atoms with E-state index in [4.69, 9.17) is 16.3 Å². The van der Waals surface area contributed by atoms with Gasteiger partial charge in [-0.05, 0) is 85.8 Å². The molecule has 6 rings (SSSR count). The lowest BCUT2D eigenvalue weighted by atomic mass is 10.0. The van der Waals surface area contributed by atoms with Crippen LogP contribution in [-0.2, 0) is 10.3 Å². The topological polar surface area (TPSA) is 73.5 Å². The maximum absolute atomic E-state index is 14.1. The van der Waals surface area contributed by atoms with Gasteiger partial charge in [0.1, 0.15) is 0 Å². The fourth-order valence-corrected chi connectivity index (χ4v) is 5.67. The molecule has 37 heavy (non-hydrogen) atoms. The highest BCUT2D eigenvalue weighted by Crippen LogP contribution is 2.50. The molecule has 1 saturated heterocycles. The molecule has 1 aromatic heterocycles. The van der Waals surface area contributed by atoms with Crippen molar-refractivity contribution in [2.75, 3.05) is 20.2 Å². The van der Waals surface area contributed by atoms with E-state index >= 15 is 0 Å². The number of ether oxygens (including phenoxy) is 1. The summed E-state index contributed by atoms with van der Waals surface area (Å²) in [6.45, 7) is 1.57. The van der Waals surface area contributed by atoms with Gasteiger partial charge in [-0.25, -0.2) is 9.59 Å². The van der Waals surface area contributed by atoms with Gasteiger partial charge in [0.15, 0.2) is 0 Å². The van der Waals surface area contributed by atoms with E-state index in [1.54, 1.807) is 34.9 Å². The molecule has 188 valence electrons. The van der Waals surface area contributed by atoms with Crippen molar-refractivity contribution in [2.24, 2.45) is 0 Å². The highest BCUT2D eigenvalue weighted by Gasteiger charge is 2.49. The Kier molecular flexibility index (Phi) is 5.68. The van der Waals surface area contributed by atoms with E-state index in [0.717, 1.165) is 49.9 Å². The number of amides is 1. The first-order valence-electron chi connectivity index (χ1n) is 12.4. The third kappa shape index (κ3) is 3.85. The summed E-state index contributed by atoms with van der Waals surface area (Å²) in [4.78, 5) is 40.9. The van der Waals surface area contributed by atoms with Crippen molar-refractivity contribution in [1.29, 1.82) is 0 Å². The van der Waals surface area contributed by atoms with Crippen LogP contribution in [0.2, 0.25) is 5.02 Å². The van der Waals surface area contributed by atoms with Gasteiger partial charge < -0.3 is 9.64 Å². The molecule has 0 N–H and O–H groups in total. The van der Waals surface area contributed by atoms with Crippen molar-refractivity contribution in [1.82, 2.24) is 14.0 Å². The predicted molar refractivity (Wildman–Crippen MR) is 142 cm³/mol. The third-order valence-electron chi connectivity index (χ3n) is 7.54. The molecule has 0 bridgehead atoms. The van der Waals surface area contributed by atoms with E-state index in [0.29, 0.717) is 27.4 Å². The number of nitrogens with zero attached hydrogens (tertiary/aromatic N) is 3. The average Bonchev–Trinajstić information content (AvgIpc) is 3.41. The standard InChI is InChI=1S/C29H26ClN3O4/c1-37-27(35)20-5-4-6-21(17-20)29(13-14-29)33-24-12-9-22(30)18-25(24)32(28(33)36)23-10-7-19(8-11-23)26(34)31-15-2-3-16-31/h4-12,17-18H,2-3,13-16H2,1H3. The number of aromatic nitrogens is 2. The van der Waals surface area contributed by atoms with E-state index in [1.165, 1.54) is 7.11 Å². The number of carbonyl (C=O) groups is 2. The molecule has 3 aromatic carbocycles. The number of fused-ring (bicyclic) bond motifs is 1. The van der Waals surface area contributed by atoms with Gasteiger partial charge in [-0.1, -0.05) is 23.7 Å². The lowest BCUT2D eigenvalue weighted by Crippen LogP contribution is -2.32. The summed E-state index contributed by atoms with van der Waals surface area (Å²) in [6, 6.07) is 19.9. The monoisotopic (exact) mass is 515 g/mol. The zero-order valence-corrected chi connectivity index (χ0v) is 21.2. The van der Waals surface area contributed by atoms with Gasteiger partial charge in [-0.3, -0.25) is 13.9 Å². The normalized spacial score (nSPS) is 16.2.